The summed E-state index contributed by atoms with van der Waals surface area (Å²) in [5.41, 5.74) is 4.00. The molecule has 0 saturated carbocycles. The summed E-state index contributed by atoms with van der Waals surface area (Å²) in [5, 5.41) is 0. The number of methoxy groups -OCH3 is 1. The van der Waals surface area contributed by atoms with Crippen molar-refractivity contribution in [3.63, 3.8) is 0 Å². The molecule has 0 saturated heterocycles. The van der Waals surface area contributed by atoms with Crippen molar-refractivity contribution < 1.29 is 4.74 Å². The number of hydrogen-bond donors (Lipinski definition) is 1. The highest BCUT2D eigenvalue weighted by molar-refractivity contribution is 5.82. The maximum atomic E-state index is 5.26. The minimum absolute atomic E-state index is 0.631. The molecule has 2 heterocycles. The number of imidazole rings is 1. The fraction of sp³-hybridized carbons (Fsp3) is 0.0769. The minimum Gasteiger partial charge on any atom is -0.481 e. The Bertz CT molecular complexity index is 660. The van der Waals surface area contributed by atoms with Crippen molar-refractivity contribution in [1.82, 2.24) is 15.0 Å². The van der Waals surface area contributed by atoms with Crippen LogP contribution in [0.2, 0.25) is 0 Å². The molecule has 0 unspecified atom stereocenters. The third-order valence-electron chi connectivity index (χ3n) is 2.70. The zero-order valence-electron chi connectivity index (χ0n) is 9.34. The number of H-pyrrole nitrogens is 1. The number of aromatic nitrogens is 3. The smallest absolute Gasteiger partial charge is 0.221 e. The lowest BCUT2D eigenvalue weighted by molar-refractivity contribution is 0.399. The number of benzene rings is 1. The van der Waals surface area contributed by atoms with Gasteiger partial charge in [-0.2, -0.15) is 0 Å². The van der Waals surface area contributed by atoms with Gasteiger partial charge in [0.25, 0.3) is 0 Å². The molecular formula is C13H11N3O. The Morgan fingerprint density at radius 1 is 1.18 bits per heavy atom. The predicted octanol–water partition coefficient (Wildman–Crippen LogP) is 2.63. The van der Waals surface area contributed by atoms with Crippen molar-refractivity contribution >= 4 is 11.0 Å². The summed E-state index contributed by atoms with van der Waals surface area (Å²) >= 11 is 0. The first-order chi connectivity index (χ1) is 8.38. The number of pyridine rings is 1. The fourth-order valence-electron chi connectivity index (χ4n) is 1.88. The molecule has 3 rings (SSSR count). The Hall–Kier alpha value is -2.36. The molecule has 0 fully saturated rings. The van der Waals surface area contributed by atoms with Crippen molar-refractivity contribution in [3.8, 4) is 17.0 Å². The molecule has 84 valence electrons. The first kappa shape index (κ1) is 9.84. The Kier molecular flexibility index (Phi) is 2.26. The van der Waals surface area contributed by atoms with Crippen LogP contribution in [0, 0.1) is 0 Å². The van der Waals surface area contributed by atoms with Crippen LogP contribution in [-0.4, -0.2) is 22.1 Å². The molecular weight excluding hydrogens is 214 g/mol. The highest BCUT2D eigenvalue weighted by atomic mass is 16.5. The van der Waals surface area contributed by atoms with Gasteiger partial charge in [-0.25, -0.2) is 9.97 Å². The monoisotopic (exact) mass is 225 g/mol. The molecule has 0 atom stereocenters. The van der Waals surface area contributed by atoms with Crippen molar-refractivity contribution in [2.75, 3.05) is 7.11 Å². The number of hydrogen-bond acceptors (Lipinski definition) is 3. The van der Waals surface area contributed by atoms with E-state index in [1.165, 1.54) is 0 Å². The van der Waals surface area contributed by atoms with Crippen molar-refractivity contribution in [3.05, 3.63) is 42.9 Å². The summed E-state index contributed by atoms with van der Waals surface area (Å²) in [7, 11) is 1.63. The number of rotatable bonds is 2. The first-order valence-electron chi connectivity index (χ1n) is 5.31. The van der Waals surface area contributed by atoms with Crippen molar-refractivity contribution in [1.29, 1.82) is 0 Å². The number of fused-ring (bicyclic) bond motifs is 1. The van der Waals surface area contributed by atoms with Crippen LogP contribution in [0.15, 0.2) is 42.9 Å². The maximum absolute atomic E-state index is 5.26. The van der Waals surface area contributed by atoms with Crippen LogP contribution < -0.4 is 4.74 Å². The summed E-state index contributed by atoms with van der Waals surface area (Å²) in [4.78, 5) is 11.5. The predicted molar refractivity (Wildman–Crippen MR) is 65.9 cm³/mol. The summed E-state index contributed by atoms with van der Waals surface area (Å²) < 4.78 is 5.26. The summed E-state index contributed by atoms with van der Waals surface area (Å²) in [5.74, 6) is 0.631. The largest absolute Gasteiger partial charge is 0.481 e. The molecule has 0 bridgehead atoms. The minimum atomic E-state index is 0.631. The van der Waals surface area contributed by atoms with Gasteiger partial charge in [0.15, 0.2) is 0 Å². The molecule has 4 heteroatoms. The molecule has 4 nitrogen and oxygen atoms in total. The van der Waals surface area contributed by atoms with Crippen LogP contribution in [-0.2, 0) is 0 Å². The number of aromatic amines is 1. The topological polar surface area (TPSA) is 50.8 Å². The average molecular weight is 225 g/mol. The molecule has 0 aliphatic rings. The lowest BCUT2D eigenvalue weighted by Gasteiger charge is -2.06. The van der Waals surface area contributed by atoms with Gasteiger partial charge in [0.1, 0.15) is 0 Å². The van der Waals surface area contributed by atoms with Crippen LogP contribution in [0.4, 0.5) is 0 Å². The molecule has 3 aromatic rings. The lowest BCUT2D eigenvalue weighted by Crippen LogP contribution is -1.90. The third kappa shape index (κ3) is 1.63. The van der Waals surface area contributed by atoms with Gasteiger partial charge >= 0.3 is 0 Å². The van der Waals surface area contributed by atoms with Crippen LogP contribution in [0.5, 0.6) is 5.88 Å². The first-order valence-corrected chi connectivity index (χ1v) is 5.31. The van der Waals surface area contributed by atoms with Crippen LogP contribution in [0.25, 0.3) is 22.2 Å². The van der Waals surface area contributed by atoms with Crippen LogP contribution >= 0.6 is 0 Å². The van der Waals surface area contributed by atoms with E-state index in [0.717, 1.165) is 22.2 Å². The van der Waals surface area contributed by atoms with E-state index in [1.54, 1.807) is 19.6 Å². The second kappa shape index (κ2) is 3.90. The third-order valence-corrected chi connectivity index (χ3v) is 2.70. The van der Waals surface area contributed by atoms with E-state index in [0.29, 0.717) is 5.88 Å². The van der Waals surface area contributed by atoms with E-state index in [-0.39, 0.29) is 0 Å². The van der Waals surface area contributed by atoms with Gasteiger partial charge in [0.2, 0.25) is 5.88 Å². The van der Waals surface area contributed by atoms with Gasteiger partial charge < -0.3 is 9.72 Å². The highest BCUT2D eigenvalue weighted by Crippen LogP contribution is 2.29. The van der Waals surface area contributed by atoms with E-state index < -0.39 is 0 Å². The number of nitrogens with zero attached hydrogens (tertiary/aromatic N) is 2. The number of ether oxygens (including phenoxy) is 1. The second-order valence-corrected chi connectivity index (χ2v) is 3.69. The summed E-state index contributed by atoms with van der Waals surface area (Å²) in [6, 6.07) is 9.93. The van der Waals surface area contributed by atoms with Crippen LogP contribution in [0.3, 0.4) is 0 Å². The van der Waals surface area contributed by atoms with Gasteiger partial charge in [0.05, 0.1) is 24.5 Å². The Morgan fingerprint density at radius 3 is 3.00 bits per heavy atom. The van der Waals surface area contributed by atoms with Crippen molar-refractivity contribution in [2.45, 2.75) is 0 Å². The Balaban J connectivity index is 2.19. The van der Waals surface area contributed by atoms with E-state index in [2.05, 4.69) is 15.0 Å². The van der Waals surface area contributed by atoms with E-state index in [1.807, 2.05) is 30.3 Å². The van der Waals surface area contributed by atoms with Gasteiger partial charge in [-0.1, -0.05) is 6.07 Å². The average Bonchev–Trinajstić information content (AvgIpc) is 2.85. The summed E-state index contributed by atoms with van der Waals surface area (Å²) in [6.07, 6.45) is 3.41. The van der Waals surface area contributed by atoms with Crippen LogP contribution in [0.1, 0.15) is 0 Å². The summed E-state index contributed by atoms with van der Waals surface area (Å²) in [6.45, 7) is 0. The zero-order chi connectivity index (χ0) is 11.7. The quantitative estimate of drug-likeness (QED) is 0.729. The molecule has 0 radical (unpaired) electrons. The SMILES string of the molecule is COc1ncccc1-c1ccc2nc[nH]c2c1. The molecule has 0 amide bonds. The van der Waals surface area contributed by atoms with Gasteiger partial charge in [-0.3, -0.25) is 0 Å². The molecule has 1 N–H and O–H groups in total. The molecule has 0 aliphatic carbocycles. The van der Waals surface area contributed by atoms with E-state index in [9.17, 15) is 0 Å². The van der Waals surface area contributed by atoms with Crippen molar-refractivity contribution in [2.24, 2.45) is 0 Å². The fourth-order valence-corrected chi connectivity index (χ4v) is 1.88. The standard InChI is InChI=1S/C13H11N3O/c1-17-13-10(3-2-6-14-13)9-4-5-11-12(7-9)16-8-15-11/h2-8H,1H3,(H,15,16). The molecule has 17 heavy (non-hydrogen) atoms. The second-order valence-electron chi connectivity index (χ2n) is 3.69. The maximum Gasteiger partial charge on any atom is 0.221 e. The zero-order valence-corrected chi connectivity index (χ0v) is 9.34. The molecule has 1 aromatic carbocycles. The van der Waals surface area contributed by atoms with E-state index >= 15 is 0 Å². The molecule has 0 spiro atoms. The van der Waals surface area contributed by atoms with Gasteiger partial charge in [-0.05, 0) is 29.8 Å². The Morgan fingerprint density at radius 2 is 2.12 bits per heavy atom. The van der Waals surface area contributed by atoms with E-state index in [4.69, 9.17) is 4.74 Å². The number of nitrogens with one attached hydrogen (secondary N) is 1. The lowest BCUT2D eigenvalue weighted by atomic mass is 10.1. The molecule has 2 aromatic heterocycles. The molecule has 0 aliphatic heterocycles. The Labute approximate surface area is 98.3 Å². The van der Waals surface area contributed by atoms with Gasteiger partial charge in [0, 0.05) is 11.8 Å². The van der Waals surface area contributed by atoms with Gasteiger partial charge in [-0.15, -0.1) is 0 Å². The normalized spacial score (nSPS) is 10.6. The highest BCUT2D eigenvalue weighted by Gasteiger charge is 2.07.